The molecule has 0 saturated heterocycles. The third-order valence-electron chi connectivity index (χ3n) is 3.45. The van der Waals surface area contributed by atoms with E-state index in [0.717, 1.165) is 16.6 Å². The molecule has 6 nitrogen and oxygen atoms in total. The number of amides is 1. The third kappa shape index (κ3) is 3.31. The van der Waals surface area contributed by atoms with Gasteiger partial charge >= 0.3 is 0 Å². The number of nitrogens with one attached hydrogen (secondary N) is 2. The molecule has 0 bridgehead atoms. The lowest BCUT2D eigenvalue weighted by Crippen LogP contribution is -2.22. The quantitative estimate of drug-likeness (QED) is 0.772. The Bertz CT molecular complexity index is 928. The largest absolute Gasteiger partial charge is 0.352 e. The molecule has 118 valence electrons. The van der Waals surface area contributed by atoms with E-state index in [0.29, 0.717) is 23.6 Å². The summed E-state index contributed by atoms with van der Waals surface area (Å²) in [6, 6.07) is 14.4. The average Bonchev–Trinajstić information content (AvgIpc) is 2.62. The summed E-state index contributed by atoms with van der Waals surface area (Å²) in [7, 11) is 0. The van der Waals surface area contributed by atoms with Crippen LogP contribution in [-0.2, 0) is 0 Å². The van der Waals surface area contributed by atoms with E-state index >= 15 is 0 Å². The second-order valence-electron chi connectivity index (χ2n) is 5.14. The molecule has 0 saturated carbocycles. The highest BCUT2D eigenvalue weighted by Crippen LogP contribution is 2.18. The molecule has 0 aliphatic carbocycles. The van der Waals surface area contributed by atoms with Crippen LogP contribution in [0.4, 0.5) is 11.6 Å². The fourth-order valence-electron chi connectivity index (χ4n) is 2.26. The SMILES string of the molecule is CCNC(=O)c1ccc(Nc2ncc3cc(C#N)ccc3n2)cc1. The summed E-state index contributed by atoms with van der Waals surface area (Å²) in [5.74, 6) is 0.359. The summed E-state index contributed by atoms with van der Waals surface area (Å²) in [5, 5.41) is 15.6. The Labute approximate surface area is 139 Å². The lowest BCUT2D eigenvalue weighted by atomic mass is 10.2. The topological polar surface area (TPSA) is 90.7 Å². The summed E-state index contributed by atoms with van der Waals surface area (Å²) in [6.45, 7) is 2.47. The Balaban J connectivity index is 1.79. The van der Waals surface area contributed by atoms with Gasteiger partial charge in [0.05, 0.1) is 17.1 Å². The highest BCUT2D eigenvalue weighted by atomic mass is 16.1. The van der Waals surface area contributed by atoms with Crippen molar-refractivity contribution < 1.29 is 4.79 Å². The monoisotopic (exact) mass is 317 g/mol. The van der Waals surface area contributed by atoms with Crippen LogP contribution in [0.3, 0.4) is 0 Å². The lowest BCUT2D eigenvalue weighted by molar-refractivity contribution is 0.0956. The summed E-state index contributed by atoms with van der Waals surface area (Å²) < 4.78 is 0. The Morgan fingerprint density at radius 2 is 2.00 bits per heavy atom. The number of rotatable bonds is 4. The van der Waals surface area contributed by atoms with Crippen LogP contribution < -0.4 is 10.6 Å². The first-order valence-electron chi connectivity index (χ1n) is 7.52. The Morgan fingerprint density at radius 1 is 1.21 bits per heavy atom. The molecule has 0 aliphatic rings. The van der Waals surface area contributed by atoms with Crippen molar-refractivity contribution in [1.82, 2.24) is 15.3 Å². The predicted molar refractivity (Wildman–Crippen MR) is 92.0 cm³/mol. The fraction of sp³-hybridized carbons (Fsp3) is 0.111. The van der Waals surface area contributed by atoms with Gasteiger partial charge in [-0.15, -0.1) is 0 Å². The first-order valence-corrected chi connectivity index (χ1v) is 7.52. The van der Waals surface area contributed by atoms with Gasteiger partial charge in [-0.25, -0.2) is 9.97 Å². The minimum absolute atomic E-state index is 0.0979. The molecular weight excluding hydrogens is 302 g/mol. The van der Waals surface area contributed by atoms with Crippen molar-refractivity contribution in [2.45, 2.75) is 6.92 Å². The van der Waals surface area contributed by atoms with Gasteiger partial charge in [-0.1, -0.05) is 0 Å². The van der Waals surface area contributed by atoms with Gasteiger partial charge < -0.3 is 10.6 Å². The predicted octanol–water partition coefficient (Wildman–Crippen LogP) is 2.99. The molecular formula is C18H15N5O. The number of hydrogen-bond donors (Lipinski definition) is 2. The zero-order valence-corrected chi connectivity index (χ0v) is 13.1. The van der Waals surface area contributed by atoms with Gasteiger partial charge in [0.25, 0.3) is 5.91 Å². The molecule has 6 heteroatoms. The van der Waals surface area contributed by atoms with Crippen LogP contribution in [0, 0.1) is 11.3 Å². The Kier molecular flexibility index (Phi) is 4.34. The summed E-state index contributed by atoms with van der Waals surface area (Å²) in [6.07, 6.45) is 1.68. The minimum Gasteiger partial charge on any atom is -0.352 e. The maximum atomic E-state index is 11.7. The second-order valence-corrected chi connectivity index (χ2v) is 5.14. The molecule has 0 aliphatic heterocycles. The highest BCUT2D eigenvalue weighted by Gasteiger charge is 2.05. The number of carbonyl (C=O) groups is 1. The van der Waals surface area contributed by atoms with Gasteiger partial charge in [0.1, 0.15) is 0 Å². The van der Waals surface area contributed by atoms with Crippen molar-refractivity contribution >= 4 is 28.4 Å². The van der Waals surface area contributed by atoms with Crippen LogP contribution in [0.15, 0.2) is 48.7 Å². The lowest BCUT2D eigenvalue weighted by Gasteiger charge is -2.07. The van der Waals surface area contributed by atoms with Gasteiger partial charge in [-0.2, -0.15) is 5.26 Å². The van der Waals surface area contributed by atoms with Gasteiger partial charge in [-0.3, -0.25) is 4.79 Å². The maximum Gasteiger partial charge on any atom is 0.251 e. The standard InChI is InChI=1S/C18H15N5O/c1-2-20-17(24)13-4-6-15(7-5-13)22-18-21-11-14-9-12(10-19)3-8-16(14)23-18/h3-9,11H,2H2,1H3,(H,20,24)(H,21,22,23). The van der Waals surface area contributed by atoms with Crippen LogP contribution in [-0.4, -0.2) is 22.4 Å². The van der Waals surface area contributed by atoms with Gasteiger partial charge in [0.15, 0.2) is 0 Å². The molecule has 0 radical (unpaired) electrons. The molecule has 2 N–H and O–H groups in total. The van der Waals surface area contributed by atoms with Crippen molar-refractivity contribution in [3.8, 4) is 6.07 Å². The number of benzene rings is 2. The summed E-state index contributed by atoms with van der Waals surface area (Å²) >= 11 is 0. The van der Waals surface area contributed by atoms with E-state index < -0.39 is 0 Å². The smallest absolute Gasteiger partial charge is 0.251 e. The van der Waals surface area contributed by atoms with E-state index in [1.807, 2.05) is 6.92 Å². The summed E-state index contributed by atoms with van der Waals surface area (Å²) in [4.78, 5) is 20.4. The zero-order valence-electron chi connectivity index (χ0n) is 13.1. The van der Waals surface area contributed by atoms with Crippen LogP contribution in [0.5, 0.6) is 0 Å². The molecule has 1 heterocycles. The van der Waals surface area contributed by atoms with E-state index in [2.05, 4.69) is 26.7 Å². The number of nitrogens with zero attached hydrogens (tertiary/aromatic N) is 3. The normalized spacial score (nSPS) is 10.2. The number of anilines is 2. The second kappa shape index (κ2) is 6.75. The van der Waals surface area contributed by atoms with E-state index in [9.17, 15) is 4.79 Å². The third-order valence-corrected chi connectivity index (χ3v) is 3.45. The molecule has 0 fully saturated rings. The van der Waals surface area contributed by atoms with Gasteiger partial charge in [0, 0.05) is 29.4 Å². The Hall–Kier alpha value is -3.46. The summed E-state index contributed by atoms with van der Waals surface area (Å²) in [5.41, 5.74) is 2.72. The number of nitriles is 1. The number of hydrogen-bond acceptors (Lipinski definition) is 5. The average molecular weight is 317 g/mol. The number of carbonyl (C=O) groups excluding carboxylic acids is 1. The van der Waals surface area contributed by atoms with Gasteiger partial charge in [0.2, 0.25) is 5.95 Å². The molecule has 0 spiro atoms. The molecule has 3 aromatic rings. The molecule has 0 atom stereocenters. The minimum atomic E-state index is -0.0979. The van der Waals surface area contributed by atoms with Crippen molar-refractivity contribution in [2.75, 3.05) is 11.9 Å². The molecule has 3 rings (SSSR count). The van der Waals surface area contributed by atoms with Crippen molar-refractivity contribution in [3.05, 3.63) is 59.8 Å². The van der Waals surface area contributed by atoms with Crippen LogP contribution in [0.25, 0.3) is 10.9 Å². The Morgan fingerprint density at radius 3 is 2.71 bits per heavy atom. The first-order chi connectivity index (χ1) is 11.7. The fourth-order valence-corrected chi connectivity index (χ4v) is 2.26. The molecule has 0 unspecified atom stereocenters. The van der Waals surface area contributed by atoms with Crippen molar-refractivity contribution in [2.24, 2.45) is 0 Å². The van der Waals surface area contributed by atoms with E-state index in [1.165, 1.54) is 0 Å². The first kappa shape index (κ1) is 15.4. The number of aromatic nitrogens is 2. The van der Waals surface area contributed by atoms with Crippen molar-refractivity contribution in [3.63, 3.8) is 0 Å². The van der Waals surface area contributed by atoms with Crippen LogP contribution in [0.1, 0.15) is 22.8 Å². The van der Waals surface area contributed by atoms with E-state index in [4.69, 9.17) is 5.26 Å². The van der Waals surface area contributed by atoms with E-state index in [-0.39, 0.29) is 5.91 Å². The maximum absolute atomic E-state index is 11.7. The molecule has 1 aromatic heterocycles. The van der Waals surface area contributed by atoms with Crippen molar-refractivity contribution in [1.29, 1.82) is 5.26 Å². The number of fused-ring (bicyclic) bond motifs is 1. The molecule has 24 heavy (non-hydrogen) atoms. The highest BCUT2D eigenvalue weighted by molar-refractivity contribution is 5.94. The van der Waals surface area contributed by atoms with Crippen LogP contribution in [0.2, 0.25) is 0 Å². The van der Waals surface area contributed by atoms with E-state index in [1.54, 1.807) is 48.7 Å². The van der Waals surface area contributed by atoms with Gasteiger partial charge in [-0.05, 0) is 49.4 Å². The molecule has 2 aromatic carbocycles. The van der Waals surface area contributed by atoms with Crippen LogP contribution >= 0.6 is 0 Å². The molecule has 1 amide bonds. The zero-order chi connectivity index (χ0) is 16.9.